The highest BCUT2D eigenvalue weighted by atomic mass is 16.5. The van der Waals surface area contributed by atoms with Gasteiger partial charge in [0.05, 0.1) is 13.2 Å². The Morgan fingerprint density at radius 1 is 1.24 bits per heavy atom. The van der Waals surface area contributed by atoms with Gasteiger partial charge in [0, 0.05) is 32.0 Å². The number of hydrogen-bond acceptors (Lipinski definition) is 4. The summed E-state index contributed by atoms with van der Waals surface area (Å²) in [6.07, 6.45) is 0.995. The van der Waals surface area contributed by atoms with E-state index in [0.29, 0.717) is 6.61 Å². The summed E-state index contributed by atoms with van der Waals surface area (Å²) in [6.45, 7) is 3.44. The van der Waals surface area contributed by atoms with Crippen LogP contribution in [-0.2, 0) is 4.74 Å². The van der Waals surface area contributed by atoms with Crippen molar-refractivity contribution in [1.82, 2.24) is 4.90 Å². The fourth-order valence-corrected chi connectivity index (χ4v) is 1.49. The lowest BCUT2D eigenvalue weighted by molar-refractivity contribution is 0.157. The van der Waals surface area contributed by atoms with Gasteiger partial charge in [0.15, 0.2) is 0 Å². The molecule has 0 radical (unpaired) electrons. The normalized spacial score (nSPS) is 10.8. The molecule has 0 amide bonds. The predicted molar refractivity (Wildman–Crippen MR) is 70.3 cm³/mol. The molecular formula is C13H22N2O2. The number of hydrogen-bond donors (Lipinski definition) is 1. The lowest BCUT2D eigenvalue weighted by Crippen LogP contribution is -2.25. The van der Waals surface area contributed by atoms with Gasteiger partial charge in [-0.25, -0.2) is 0 Å². The van der Waals surface area contributed by atoms with Crippen molar-refractivity contribution in [3.63, 3.8) is 0 Å². The van der Waals surface area contributed by atoms with Crippen LogP contribution in [0.1, 0.15) is 6.42 Å². The van der Waals surface area contributed by atoms with E-state index >= 15 is 0 Å². The van der Waals surface area contributed by atoms with E-state index in [9.17, 15) is 0 Å². The Balaban J connectivity index is 2.11. The number of ether oxygens (including phenoxy) is 2. The van der Waals surface area contributed by atoms with Crippen molar-refractivity contribution in [1.29, 1.82) is 0 Å². The molecule has 0 aliphatic rings. The largest absolute Gasteiger partial charge is 0.493 e. The van der Waals surface area contributed by atoms with Gasteiger partial charge in [0.25, 0.3) is 0 Å². The van der Waals surface area contributed by atoms with Crippen molar-refractivity contribution in [2.45, 2.75) is 6.42 Å². The summed E-state index contributed by atoms with van der Waals surface area (Å²) >= 11 is 0. The zero-order valence-corrected chi connectivity index (χ0v) is 10.7. The van der Waals surface area contributed by atoms with E-state index in [1.165, 1.54) is 0 Å². The highest BCUT2D eigenvalue weighted by Gasteiger charge is 1.98. The topological polar surface area (TPSA) is 47.7 Å². The molecule has 4 nitrogen and oxygen atoms in total. The quantitative estimate of drug-likeness (QED) is 0.552. The fraction of sp³-hybridized carbons (Fsp3) is 0.538. The average Bonchev–Trinajstić information content (AvgIpc) is 2.32. The molecule has 0 saturated heterocycles. The maximum Gasteiger partial charge on any atom is 0.121 e. The molecule has 4 heteroatoms. The third-order valence-electron chi connectivity index (χ3n) is 2.49. The second kappa shape index (κ2) is 7.92. The van der Waals surface area contributed by atoms with E-state index in [0.717, 1.165) is 37.6 Å². The number of rotatable bonds is 8. The molecule has 1 rings (SSSR count). The molecule has 1 aromatic rings. The van der Waals surface area contributed by atoms with Crippen LogP contribution in [0.5, 0.6) is 5.75 Å². The van der Waals surface area contributed by atoms with Crippen LogP contribution in [0.25, 0.3) is 0 Å². The fourth-order valence-electron chi connectivity index (χ4n) is 1.49. The monoisotopic (exact) mass is 238 g/mol. The second-order valence-corrected chi connectivity index (χ2v) is 4.07. The Morgan fingerprint density at radius 2 is 2.06 bits per heavy atom. The standard InChI is InChI=1S/C13H22N2O2/c1-15(8-10-16-2)7-4-9-17-13-6-3-5-12(14)11-13/h3,5-6,11H,4,7-10,14H2,1-2H3. The number of nitrogens with zero attached hydrogens (tertiary/aromatic N) is 1. The molecule has 1 aromatic carbocycles. The zero-order chi connectivity index (χ0) is 12.5. The van der Waals surface area contributed by atoms with Gasteiger partial charge < -0.3 is 20.1 Å². The van der Waals surface area contributed by atoms with Crippen LogP contribution in [0.3, 0.4) is 0 Å². The van der Waals surface area contributed by atoms with Gasteiger partial charge in [-0.3, -0.25) is 0 Å². The van der Waals surface area contributed by atoms with Gasteiger partial charge in [-0.05, 0) is 25.6 Å². The van der Waals surface area contributed by atoms with Gasteiger partial charge in [0.2, 0.25) is 0 Å². The van der Waals surface area contributed by atoms with Crippen molar-refractivity contribution in [3.8, 4) is 5.75 Å². The van der Waals surface area contributed by atoms with Crippen molar-refractivity contribution < 1.29 is 9.47 Å². The van der Waals surface area contributed by atoms with Crippen LogP contribution >= 0.6 is 0 Å². The molecule has 0 saturated carbocycles. The van der Waals surface area contributed by atoms with Gasteiger partial charge >= 0.3 is 0 Å². The summed E-state index contributed by atoms with van der Waals surface area (Å²) in [7, 11) is 3.80. The summed E-state index contributed by atoms with van der Waals surface area (Å²) in [5.74, 6) is 0.838. The Kier molecular flexibility index (Phi) is 6.43. The van der Waals surface area contributed by atoms with Crippen LogP contribution < -0.4 is 10.5 Å². The molecule has 0 unspecified atom stereocenters. The van der Waals surface area contributed by atoms with E-state index in [-0.39, 0.29) is 0 Å². The Hall–Kier alpha value is -1.26. The minimum atomic E-state index is 0.709. The summed E-state index contributed by atoms with van der Waals surface area (Å²) in [5, 5.41) is 0. The van der Waals surface area contributed by atoms with Gasteiger partial charge in [-0.15, -0.1) is 0 Å². The van der Waals surface area contributed by atoms with Gasteiger partial charge in [0.1, 0.15) is 5.75 Å². The van der Waals surface area contributed by atoms with E-state index < -0.39 is 0 Å². The minimum Gasteiger partial charge on any atom is -0.493 e. The molecule has 0 atom stereocenters. The molecule has 2 N–H and O–H groups in total. The number of nitrogens with two attached hydrogens (primary N) is 1. The van der Waals surface area contributed by atoms with E-state index in [1.54, 1.807) is 7.11 Å². The average molecular weight is 238 g/mol. The Bertz CT molecular complexity index is 318. The Morgan fingerprint density at radius 3 is 2.76 bits per heavy atom. The van der Waals surface area contributed by atoms with E-state index in [4.69, 9.17) is 15.2 Å². The van der Waals surface area contributed by atoms with Crippen molar-refractivity contribution in [2.24, 2.45) is 0 Å². The first kappa shape index (κ1) is 13.8. The van der Waals surface area contributed by atoms with Crippen LogP contribution in [0.2, 0.25) is 0 Å². The van der Waals surface area contributed by atoms with Gasteiger partial charge in [-0.2, -0.15) is 0 Å². The molecule has 0 fully saturated rings. The maximum absolute atomic E-state index is 5.66. The van der Waals surface area contributed by atoms with Crippen molar-refractivity contribution in [3.05, 3.63) is 24.3 Å². The molecule has 0 bridgehead atoms. The highest BCUT2D eigenvalue weighted by molar-refractivity contribution is 5.43. The summed E-state index contributed by atoms with van der Waals surface area (Å²) < 4.78 is 10.6. The molecule has 0 aromatic heterocycles. The number of benzene rings is 1. The highest BCUT2D eigenvalue weighted by Crippen LogP contribution is 2.14. The first-order chi connectivity index (χ1) is 8.22. The summed E-state index contributed by atoms with van der Waals surface area (Å²) in [4.78, 5) is 2.23. The van der Waals surface area contributed by atoms with E-state index in [2.05, 4.69) is 11.9 Å². The predicted octanol–water partition coefficient (Wildman–Crippen LogP) is 1.62. The summed E-state index contributed by atoms with van der Waals surface area (Å²) in [6, 6.07) is 7.51. The molecule has 0 spiro atoms. The number of methoxy groups -OCH3 is 1. The smallest absolute Gasteiger partial charge is 0.121 e. The lowest BCUT2D eigenvalue weighted by Gasteiger charge is -2.15. The molecule has 0 aliphatic heterocycles. The Labute approximate surface area is 103 Å². The third-order valence-corrected chi connectivity index (χ3v) is 2.49. The van der Waals surface area contributed by atoms with Crippen LogP contribution in [0.4, 0.5) is 5.69 Å². The van der Waals surface area contributed by atoms with E-state index in [1.807, 2.05) is 24.3 Å². The van der Waals surface area contributed by atoms with Gasteiger partial charge in [-0.1, -0.05) is 6.07 Å². The number of likely N-dealkylation sites (N-methyl/N-ethyl adjacent to an activating group) is 1. The summed E-state index contributed by atoms with van der Waals surface area (Å²) in [5.41, 5.74) is 6.40. The van der Waals surface area contributed by atoms with Crippen LogP contribution in [0, 0.1) is 0 Å². The maximum atomic E-state index is 5.66. The number of nitrogen functional groups attached to an aromatic ring is 1. The zero-order valence-electron chi connectivity index (χ0n) is 10.7. The SMILES string of the molecule is COCCN(C)CCCOc1cccc(N)c1. The first-order valence-electron chi connectivity index (χ1n) is 5.88. The van der Waals surface area contributed by atoms with Crippen molar-refractivity contribution in [2.75, 3.05) is 46.2 Å². The minimum absolute atomic E-state index is 0.709. The first-order valence-corrected chi connectivity index (χ1v) is 5.88. The molecule has 0 heterocycles. The third kappa shape index (κ3) is 6.14. The van der Waals surface area contributed by atoms with Crippen LogP contribution in [0.15, 0.2) is 24.3 Å². The molecule has 96 valence electrons. The lowest BCUT2D eigenvalue weighted by atomic mass is 10.3. The van der Waals surface area contributed by atoms with Crippen LogP contribution in [-0.4, -0.2) is 45.4 Å². The second-order valence-electron chi connectivity index (χ2n) is 4.07. The molecular weight excluding hydrogens is 216 g/mol. The number of anilines is 1. The molecule has 17 heavy (non-hydrogen) atoms. The van der Waals surface area contributed by atoms with Crippen molar-refractivity contribution >= 4 is 5.69 Å². The molecule has 0 aliphatic carbocycles.